The molecule has 0 aliphatic carbocycles. The van der Waals surface area contributed by atoms with E-state index in [2.05, 4.69) is 26.6 Å². The van der Waals surface area contributed by atoms with E-state index in [4.69, 9.17) is 0 Å². The molecular formula is C17H17BrN2O2S. The summed E-state index contributed by atoms with van der Waals surface area (Å²) in [5.41, 5.74) is 1.33. The lowest BCUT2D eigenvalue weighted by Gasteiger charge is -2.07. The Balaban J connectivity index is 1.75. The summed E-state index contributed by atoms with van der Waals surface area (Å²) in [5.74, 6) is -0.312. The van der Waals surface area contributed by atoms with E-state index in [9.17, 15) is 9.59 Å². The molecule has 0 atom stereocenters. The fourth-order valence-electron chi connectivity index (χ4n) is 1.89. The van der Waals surface area contributed by atoms with E-state index in [0.717, 1.165) is 15.1 Å². The quantitative estimate of drug-likeness (QED) is 0.732. The van der Waals surface area contributed by atoms with Crippen molar-refractivity contribution in [3.05, 3.63) is 58.6 Å². The summed E-state index contributed by atoms with van der Waals surface area (Å²) < 4.78 is 0.918. The number of halogens is 1. The maximum absolute atomic E-state index is 11.9. The monoisotopic (exact) mass is 392 g/mol. The zero-order valence-electron chi connectivity index (χ0n) is 12.6. The van der Waals surface area contributed by atoms with Gasteiger partial charge in [0, 0.05) is 33.6 Å². The van der Waals surface area contributed by atoms with Crippen LogP contribution in [-0.2, 0) is 4.79 Å². The van der Waals surface area contributed by atoms with Crippen LogP contribution in [0.4, 0.5) is 5.69 Å². The first kappa shape index (κ1) is 17.6. The van der Waals surface area contributed by atoms with Gasteiger partial charge in [-0.05, 0) is 54.8 Å². The largest absolute Gasteiger partial charge is 0.352 e. The maximum atomic E-state index is 11.9. The molecule has 2 amide bonds. The van der Waals surface area contributed by atoms with Crippen molar-refractivity contribution in [3.63, 3.8) is 0 Å². The predicted octanol–water partition coefficient (Wildman–Crippen LogP) is 3.93. The Morgan fingerprint density at radius 3 is 2.30 bits per heavy atom. The van der Waals surface area contributed by atoms with Crippen molar-refractivity contribution in [2.24, 2.45) is 0 Å². The molecule has 0 radical (unpaired) electrons. The first-order chi connectivity index (χ1) is 11.1. The molecule has 0 bridgehead atoms. The lowest BCUT2D eigenvalue weighted by molar-refractivity contribution is -0.116. The van der Waals surface area contributed by atoms with Crippen LogP contribution in [0, 0.1) is 0 Å². The summed E-state index contributed by atoms with van der Waals surface area (Å²) in [7, 11) is 0. The number of benzene rings is 2. The fourth-order valence-corrected chi connectivity index (χ4v) is 2.56. The van der Waals surface area contributed by atoms with Crippen LogP contribution < -0.4 is 10.6 Å². The average molecular weight is 393 g/mol. The Labute approximate surface area is 148 Å². The molecule has 2 aromatic rings. The number of amides is 2. The molecule has 120 valence electrons. The van der Waals surface area contributed by atoms with E-state index in [-0.39, 0.29) is 18.2 Å². The second-order valence-corrected chi connectivity index (χ2v) is 6.58. The van der Waals surface area contributed by atoms with E-state index in [1.807, 2.05) is 30.5 Å². The first-order valence-corrected chi connectivity index (χ1v) is 9.08. The van der Waals surface area contributed by atoms with Gasteiger partial charge in [-0.25, -0.2) is 0 Å². The molecule has 0 spiro atoms. The zero-order chi connectivity index (χ0) is 16.7. The third-order valence-corrected chi connectivity index (χ3v) is 4.39. The third kappa shape index (κ3) is 5.73. The topological polar surface area (TPSA) is 58.2 Å². The Hall–Kier alpha value is -1.79. The minimum Gasteiger partial charge on any atom is -0.352 e. The summed E-state index contributed by atoms with van der Waals surface area (Å²) in [6.45, 7) is 0.295. The molecule has 0 aliphatic heterocycles. The Bertz CT molecular complexity index is 672. The molecule has 0 saturated carbocycles. The molecule has 0 saturated heterocycles. The van der Waals surface area contributed by atoms with E-state index in [0.29, 0.717) is 12.1 Å². The molecule has 6 heteroatoms. The summed E-state index contributed by atoms with van der Waals surface area (Å²) >= 11 is 4.97. The predicted molar refractivity (Wildman–Crippen MR) is 97.9 cm³/mol. The van der Waals surface area contributed by atoms with Crippen LogP contribution >= 0.6 is 27.7 Å². The van der Waals surface area contributed by atoms with Gasteiger partial charge in [0.1, 0.15) is 0 Å². The summed E-state index contributed by atoms with van der Waals surface area (Å²) in [6.07, 6.45) is 2.23. The van der Waals surface area contributed by atoms with Gasteiger partial charge in [0.2, 0.25) is 5.91 Å². The minimum atomic E-state index is -0.186. The van der Waals surface area contributed by atoms with E-state index < -0.39 is 0 Å². The van der Waals surface area contributed by atoms with Crippen LogP contribution in [0.3, 0.4) is 0 Å². The van der Waals surface area contributed by atoms with Crippen molar-refractivity contribution < 1.29 is 9.59 Å². The van der Waals surface area contributed by atoms with Crippen molar-refractivity contribution in [3.8, 4) is 0 Å². The number of carbonyl (C=O) groups excluding carboxylic acids is 2. The van der Waals surface area contributed by atoms with Crippen molar-refractivity contribution in [1.82, 2.24) is 5.32 Å². The van der Waals surface area contributed by atoms with Crippen molar-refractivity contribution in [2.75, 3.05) is 18.1 Å². The zero-order valence-corrected chi connectivity index (χ0v) is 15.0. The molecular weight excluding hydrogens is 376 g/mol. The molecule has 23 heavy (non-hydrogen) atoms. The Kier molecular flexibility index (Phi) is 6.67. The van der Waals surface area contributed by atoms with Crippen LogP contribution in [0.25, 0.3) is 0 Å². The molecule has 2 aromatic carbocycles. The number of hydrogen-bond donors (Lipinski definition) is 2. The third-order valence-electron chi connectivity index (χ3n) is 3.12. The van der Waals surface area contributed by atoms with E-state index >= 15 is 0 Å². The molecule has 0 aromatic heterocycles. The van der Waals surface area contributed by atoms with E-state index in [1.165, 1.54) is 0 Å². The van der Waals surface area contributed by atoms with Gasteiger partial charge in [0.15, 0.2) is 0 Å². The van der Waals surface area contributed by atoms with Gasteiger partial charge in [-0.2, -0.15) is 0 Å². The van der Waals surface area contributed by atoms with Gasteiger partial charge in [-0.15, -0.1) is 11.8 Å². The second-order valence-electron chi connectivity index (χ2n) is 4.79. The molecule has 2 N–H and O–H groups in total. The average Bonchev–Trinajstić information content (AvgIpc) is 2.56. The van der Waals surface area contributed by atoms with Crippen LogP contribution in [0.5, 0.6) is 0 Å². The minimum absolute atomic E-state index is 0.127. The van der Waals surface area contributed by atoms with Gasteiger partial charge in [-0.3, -0.25) is 9.59 Å². The van der Waals surface area contributed by atoms with Crippen molar-refractivity contribution >= 4 is 45.2 Å². The van der Waals surface area contributed by atoms with Crippen LogP contribution in [0.2, 0.25) is 0 Å². The summed E-state index contributed by atoms with van der Waals surface area (Å²) in [4.78, 5) is 24.9. The number of carbonyl (C=O) groups is 2. The van der Waals surface area contributed by atoms with Crippen LogP contribution in [-0.4, -0.2) is 24.6 Å². The number of nitrogens with one attached hydrogen (secondary N) is 2. The highest BCUT2D eigenvalue weighted by Crippen LogP contribution is 2.17. The van der Waals surface area contributed by atoms with Gasteiger partial charge < -0.3 is 10.6 Å². The Morgan fingerprint density at radius 2 is 1.70 bits per heavy atom. The molecule has 0 aliphatic rings. The molecule has 0 unspecified atom stereocenters. The number of hydrogen-bond acceptors (Lipinski definition) is 3. The molecule has 2 rings (SSSR count). The fraction of sp³-hybridized carbons (Fsp3) is 0.176. The van der Waals surface area contributed by atoms with Crippen LogP contribution in [0.15, 0.2) is 57.9 Å². The lowest BCUT2D eigenvalue weighted by atomic mass is 10.2. The molecule has 4 nitrogen and oxygen atoms in total. The molecule has 0 fully saturated rings. The smallest absolute Gasteiger partial charge is 0.251 e. The number of anilines is 1. The van der Waals surface area contributed by atoms with Gasteiger partial charge >= 0.3 is 0 Å². The number of thioether (sulfide) groups is 1. The Morgan fingerprint density at radius 1 is 1.04 bits per heavy atom. The lowest BCUT2D eigenvalue weighted by Crippen LogP contribution is -2.27. The van der Waals surface area contributed by atoms with Crippen molar-refractivity contribution in [2.45, 2.75) is 11.3 Å². The standard InChI is InChI=1S/C17H17BrN2O2S/c1-23-15-8-6-14(7-9-15)20-16(21)10-11-19-17(22)12-2-4-13(18)5-3-12/h2-9H,10-11H2,1H3,(H,19,22)(H,20,21). The highest BCUT2D eigenvalue weighted by Gasteiger charge is 2.07. The SMILES string of the molecule is CSc1ccc(NC(=O)CCNC(=O)c2ccc(Br)cc2)cc1. The number of rotatable bonds is 6. The highest BCUT2D eigenvalue weighted by molar-refractivity contribution is 9.10. The summed E-state index contributed by atoms with van der Waals surface area (Å²) in [5, 5.41) is 5.54. The summed E-state index contributed by atoms with van der Waals surface area (Å²) in [6, 6.07) is 14.7. The van der Waals surface area contributed by atoms with E-state index in [1.54, 1.807) is 36.0 Å². The maximum Gasteiger partial charge on any atom is 0.251 e. The van der Waals surface area contributed by atoms with Gasteiger partial charge in [-0.1, -0.05) is 15.9 Å². The highest BCUT2D eigenvalue weighted by atomic mass is 79.9. The van der Waals surface area contributed by atoms with Crippen LogP contribution in [0.1, 0.15) is 16.8 Å². The first-order valence-electron chi connectivity index (χ1n) is 7.06. The normalized spacial score (nSPS) is 10.2. The second kappa shape index (κ2) is 8.74. The van der Waals surface area contributed by atoms with Gasteiger partial charge in [0.05, 0.1) is 0 Å². The van der Waals surface area contributed by atoms with Gasteiger partial charge in [0.25, 0.3) is 5.91 Å². The molecule has 0 heterocycles. The van der Waals surface area contributed by atoms with Crippen molar-refractivity contribution in [1.29, 1.82) is 0 Å².